The highest BCUT2D eigenvalue weighted by molar-refractivity contribution is 9.09. The smallest absolute Gasteiger partial charge is 0.252 e. The summed E-state index contributed by atoms with van der Waals surface area (Å²) in [7, 11) is 0. The first-order valence-electron chi connectivity index (χ1n) is 4.96. The van der Waals surface area contributed by atoms with Crippen molar-refractivity contribution in [2.24, 2.45) is 5.92 Å². The van der Waals surface area contributed by atoms with Crippen LogP contribution in [0.3, 0.4) is 0 Å². The van der Waals surface area contributed by atoms with Crippen LogP contribution >= 0.6 is 27.3 Å². The van der Waals surface area contributed by atoms with Crippen LogP contribution in [-0.2, 0) is 0 Å². The average molecular weight is 290 g/mol. The molecule has 84 valence electrons. The maximum Gasteiger partial charge on any atom is 0.252 e. The van der Waals surface area contributed by atoms with Gasteiger partial charge in [-0.2, -0.15) is 11.3 Å². The number of carbonyl (C=O) groups excluding carboxylic acids is 1. The summed E-state index contributed by atoms with van der Waals surface area (Å²) >= 11 is 4.98. The Morgan fingerprint density at radius 1 is 1.53 bits per heavy atom. The van der Waals surface area contributed by atoms with Gasteiger partial charge in [-0.05, 0) is 30.7 Å². The highest BCUT2D eigenvalue weighted by Crippen LogP contribution is 2.14. The molecule has 0 spiro atoms. The number of amides is 1. The third-order valence-electron chi connectivity index (χ3n) is 2.56. The molecular weight excluding hydrogens is 274 g/mol. The van der Waals surface area contributed by atoms with Crippen LogP contribution in [0.4, 0.5) is 0 Å². The number of alkyl halides is 1. The van der Waals surface area contributed by atoms with Gasteiger partial charge in [0.1, 0.15) is 0 Å². The van der Waals surface area contributed by atoms with Gasteiger partial charge in [0.05, 0.1) is 5.56 Å². The normalized spacial score (nSPS) is 14.7. The zero-order chi connectivity index (χ0) is 11.4. The lowest BCUT2D eigenvalue weighted by Crippen LogP contribution is -2.37. The van der Waals surface area contributed by atoms with Crippen LogP contribution in [-0.4, -0.2) is 17.3 Å². The molecule has 0 radical (unpaired) electrons. The first-order valence-corrected chi connectivity index (χ1v) is 7.02. The van der Waals surface area contributed by atoms with Gasteiger partial charge >= 0.3 is 0 Å². The van der Waals surface area contributed by atoms with Crippen molar-refractivity contribution in [3.8, 4) is 0 Å². The molecule has 4 heteroatoms. The zero-order valence-electron chi connectivity index (χ0n) is 9.21. The summed E-state index contributed by atoms with van der Waals surface area (Å²) in [6.45, 7) is 6.11. The van der Waals surface area contributed by atoms with Crippen molar-refractivity contribution in [3.05, 3.63) is 21.9 Å². The summed E-state index contributed by atoms with van der Waals surface area (Å²) in [5.74, 6) is 0.474. The van der Waals surface area contributed by atoms with Crippen molar-refractivity contribution in [1.29, 1.82) is 0 Å². The Kier molecular flexibility index (Phi) is 4.80. The minimum Gasteiger partial charge on any atom is -0.349 e. The highest BCUT2D eigenvalue weighted by atomic mass is 79.9. The number of rotatable bonds is 4. The van der Waals surface area contributed by atoms with Crippen LogP contribution < -0.4 is 5.32 Å². The summed E-state index contributed by atoms with van der Waals surface area (Å²) in [6, 6.07) is 0.191. The van der Waals surface area contributed by atoms with Gasteiger partial charge in [0.2, 0.25) is 0 Å². The van der Waals surface area contributed by atoms with Crippen LogP contribution in [0.25, 0.3) is 0 Å². The molecule has 2 nitrogen and oxygen atoms in total. The first-order chi connectivity index (χ1) is 7.06. The van der Waals surface area contributed by atoms with E-state index in [1.165, 1.54) is 0 Å². The molecule has 0 aliphatic heterocycles. The van der Waals surface area contributed by atoms with Crippen LogP contribution in [0, 0.1) is 12.8 Å². The molecule has 1 aromatic heterocycles. The fraction of sp³-hybridized carbons (Fsp3) is 0.545. The molecule has 1 rings (SSSR count). The van der Waals surface area contributed by atoms with Crippen molar-refractivity contribution >= 4 is 33.2 Å². The van der Waals surface area contributed by atoms with Gasteiger partial charge in [-0.1, -0.05) is 22.9 Å². The van der Waals surface area contributed by atoms with Crippen LogP contribution in [0.5, 0.6) is 0 Å². The van der Waals surface area contributed by atoms with Crippen molar-refractivity contribution in [3.63, 3.8) is 0 Å². The van der Waals surface area contributed by atoms with Gasteiger partial charge in [-0.3, -0.25) is 4.79 Å². The Hall–Kier alpha value is -0.350. The molecule has 1 N–H and O–H groups in total. The van der Waals surface area contributed by atoms with Gasteiger partial charge in [0.15, 0.2) is 0 Å². The average Bonchev–Trinajstić information content (AvgIpc) is 2.63. The molecule has 15 heavy (non-hydrogen) atoms. The van der Waals surface area contributed by atoms with Gasteiger partial charge in [-0.25, -0.2) is 0 Å². The van der Waals surface area contributed by atoms with E-state index in [0.29, 0.717) is 5.92 Å². The largest absolute Gasteiger partial charge is 0.349 e. The van der Waals surface area contributed by atoms with Gasteiger partial charge in [0.25, 0.3) is 5.91 Å². The Bertz CT molecular complexity index is 337. The second-order valence-electron chi connectivity index (χ2n) is 3.86. The number of aryl methyl sites for hydroxylation is 1. The van der Waals surface area contributed by atoms with Gasteiger partial charge in [0, 0.05) is 16.8 Å². The molecule has 0 aliphatic carbocycles. The summed E-state index contributed by atoms with van der Waals surface area (Å²) in [4.78, 5) is 11.8. The second kappa shape index (κ2) is 5.66. The van der Waals surface area contributed by atoms with E-state index < -0.39 is 0 Å². The van der Waals surface area contributed by atoms with Gasteiger partial charge in [-0.15, -0.1) is 0 Å². The number of halogens is 1. The maximum absolute atomic E-state index is 11.8. The van der Waals surface area contributed by atoms with E-state index in [9.17, 15) is 4.79 Å². The summed E-state index contributed by atoms with van der Waals surface area (Å²) in [5, 5.41) is 7.80. The topological polar surface area (TPSA) is 29.1 Å². The molecule has 0 fully saturated rings. The molecule has 1 heterocycles. The van der Waals surface area contributed by atoms with E-state index >= 15 is 0 Å². The Morgan fingerprint density at radius 3 is 2.67 bits per heavy atom. The number of thiophene rings is 1. The maximum atomic E-state index is 11.8. The molecule has 0 saturated heterocycles. The quantitative estimate of drug-likeness (QED) is 0.848. The van der Waals surface area contributed by atoms with E-state index in [0.717, 1.165) is 16.5 Å². The van der Waals surface area contributed by atoms with Crippen LogP contribution in [0.15, 0.2) is 10.8 Å². The third-order valence-corrected chi connectivity index (χ3v) is 4.44. The van der Waals surface area contributed by atoms with Crippen molar-refractivity contribution in [2.45, 2.75) is 26.8 Å². The number of carbonyl (C=O) groups is 1. The SMILES string of the molecule is Cc1cscc1C(=O)NC(C)C(C)CBr. The third kappa shape index (κ3) is 3.31. The molecule has 0 bridgehead atoms. The molecule has 0 aliphatic rings. The van der Waals surface area contributed by atoms with E-state index in [4.69, 9.17) is 0 Å². The van der Waals surface area contributed by atoms with E-state index in [2.05, 4.69) is 28.2 Å². The Balaban J connectivity index is 2.60. The van der Waals surface area contributed by atoms with Crippen LogP contribution in [0.2, 0.25) is 0 Å². The molecule has 1 aromatic rings. The zero-order valence-corrected chi connectivity index (χ0v) is 11.6. The fourth-order valence-corrected chi connectivity index (χ4v) is 2.54. The monoisotopic (exact) mass is 289 g/mol. The summed E-state index contributed by atoms with van der Waals surface area (Å²) < 4.78 is 0. The molecule has 0 saturated carbocycles. The first kappa shape index (κ1) is 12.7. The summed E-state index contributed by atoms with van der Waals surface area (Å²) in [5.41, 5.74) is 1.85. The Morgan fingerprint density at radius 2 is 2.20 bits per heavy atom. The minimum absolute atomic E-state index is 0.0362. The molecule has 0 aromatic carbocycles. The minimum atomic E-state index is 0.0362. The molecule has 1 amide bonds. The van der Waals surface area contributed by atoms with Crippen molar-refractivity contribution < 1.29 is 4.79 Å². The highest BCUT2D eigenvalue weighted by Gasteiger charge is 2.16. The number of hydrogen-bond donors (Lipinski definition) is 1. The molecule has 2 atom stereocenters. The van der Waals surface area contributed by atoms with E-state index in [1.54, 1.807) is 11.3 Å². The molecular formula is C11H16BrNOS. The van der Waals surface area contributed by atoms with Crippen LogP contribution in [0.1, 0.15) is 29.8 Å². The predicted octanol–water partition coefficient (Wildman–Crippen LogP) is 3.21. The lowest BCUT2D eigenvalue weighted by atomic mass is 10.1. The van der Waals surface area contributed by atoms with E-state index in [-0.39, 0.29) is 11.9 Å². The molecule has 2 unspecified atom stereocenters. The lowest BCUT2D eigenvalue weighted by molar-refractivity contribution is 0.0931. The van der Waals surface area contributed by atoms with Crippen molar-refractivity contribution in [1.82, 2.24) is 5.32 Å². The number of nitrogens with one attached hydrogen (secondary N) is 1. The fourth-order valence-electron chi connectivity index (χ4n) is 1.15. The standard InChI is InChI=1S/C11H16BrNOS/c1-7(4-12)9(3)13-11(14)10-6-15-5-8(10)2/h5-7,9H,4H2,1-3H3,(H,13,14). The lowest BCUT2D eigenvalue weighted by Gasteiger charge is -2.19. The van der Waals surface area contributed by atoms with E-state index in [1.807, 2.05) is 24.6 Å². The predicted molar refractivity (Wildman–Crippen MR) is 68.9 cm³/mol. The summed E-state index contributed by atoms with van der Waals surface area (Å²) in [6.07, 6.45) is 0. The number of hydrogen-bond acceptors (Lipinski definition) is 2. The Labute approximate surface area is 103 Å². The second-order valence-corrected chi connectivity index (χ2v) is 5.25. The van der Waals surface area contributed by atoms with Gasteiger partial charge < -0.3 is 5.32 Å². The van der Waals surface area contributed by atoms with Crippen molar-refractivity contribution in [2.75, 3.05) is 5.33 Å².